The molecule has 1 aliphatic heterocycles. The Bertz CT molecular complexity index is 618. The Kier molecular flexibility index (Phi) is 3.72. The molecule has 2 heterocycles. The Labute approximate surface area is 126 Å². The van der Waals surface area contributed by atoms with Crippen LogP contribution in [0.1, 0.15) is 25.2 Å². The molecule has 112 valence electrons. The van der Waals surface area contributed by atoms with E-state index in [1.54, 1.807) is 0 Å². The van der Waals surface area contributed by atoms with Crippen molar-refractivity contribution in [2.45, 2.75) is 39.5 Å². The normalized spacial score (nSPS) is 17.9. The third-order valence-electron chi connectivity index (χ3n) is 3.94. The van der Waals surface area contributed by atoms with Gasteiger partial charge in [-0.05, 0) is 26.8 Å². The molecule has 1 aromatic heterocycles. The fourth-order valence-electron chi connectivity index (χ4n) is 2.95. The van der Waals surface area contributed by atoms with E-state index < -0.39 is 0 Å². The van der Waals surface area contributed by atoms with E-state index in [4.69, 9.17) is 4.74 Å². The van der Waals surface area contributed by atoms with Crippen molar-refractivity contribution in [2.75, 3.05) is 13.1 Å². The number of rotatable bonds is 3. The lowest BCUT2D eigenvalue weighted by Gasteiger charge is -2.29. The van der Waals surface area contributed by atoms with Crippen LogP contribution in [-0.2, 0) is 13.1 Å². The highest BCUT2D eigenvalue weighted by Crippen LogP contribution is 2.28. The average molecular weight is 285 g/mol. The zero-order valence-electron chi connectivity index (χ0n) is 13.0. The first-order valence-corrected chi connectivity index (χ1v) is 7.50. The van der Waals surface area contributed by atoms with Crippen LogP contribution in [0.4, 0.5) is 0 Å². The Hall–Kier alpha value is -1.81. The van der Waals surface area contributed by atoms with Crippen molar-refractivity contribution in [1.29, 1.82) is 0 Å². The quantitative estimate of drug-likeness (QED) is 0.868. The number of aryl methyl sites for hydroxylation is 1. The van der Waals surface area contributed by atoms with Gasteiger partial charge in [0, 0.05) is 44.1 Å². The van der Waals surface area contributed by atoms with Crippen molar-refractivity contribution in [3.05, 3.63) is 48.0 Å². The summed E-state index contributed by atoms with van der Waals surface area (Å²) < 4.78 is 8.37. The first kappa shape index (κ1) is 14.1. The van der Waals surface area contributed by atoms with E-state index in [-0.39, 0.29) is 5.60 Å². The maximum atomic E-state index is 6.17. The highest BCUT2D eigenvalue weighted by atomic mass is 16.5. The van der Waals surface area contributed by atoms with Gasteiger partial charge in [0.2, 0.25) is 0 Å². The van der Waals surface area contributed by atoms with Gasteiger partial charge in [-0.15, -0.1) is 0 Å². The van der Waals surface area contributed by atoms with E-state index >= 15 is 0 Å². The minimum Gasteiger partial charge on any atom is -0.486 e. The number of hydrogen-bond acceptors (Lipinski definition) is 3. The van der Waals surface area contributed by atoms with Gasteiger partial charge in [0.15, 0.2) is 0 Å². The summed E-state index contributed by atoms with van der Waals surface area (Å²) >= 11 is 0. The molecular formula is C17H23N3O. The van der Waals surface area contributed by atoms with Crippen LogP contribution < -0.4 is 4.74 Å². The smallest absolute Gasteiger partial charge is 0.124 e. The van der Waals surface area contributed by atoms with Gasteiger partial charge in [0.1, 0.15) is 17.2 Å². The molecule has 4 heteroatoms. The molecule has 0 aliphatic carbocycles. The van der Waals surface area contributed by atoms with Crippen LogP contribution in [0.5, 0.6) is 5.75 Å². The largest absolute Gasteiger partial charge is 0.486 e. The van der Waals surface area contributed by atoms with Crippen LogP contribution in [0, 0.1) is 6.92 Å². The fraction of sp³-hybridized carbons (Fsp3) is 0.471. The summed E-state index contributed by atoms with van der Waals surface area (Å²) in [5.74, 6) is 2.09. The summed E-state index contributed by atoms with van der Waals surface area (Å²) in [7, 11) is 0. The van der Waals surface area contributed by atoms with Crippen LogP contribution in [0.3, 0.4) is 0 Å². The van der Waals surface area contributed by atoms with E-state index in [0.29, 0.717) is 0 Å². The SMILES string of the molecule is Cc1nccn1CCN1Cc2ccccc2OC(C)(C)C1. The van der Waals surface area contributed by atoms with Crippen LogP contribution in [0.15, 0.2) is 36.7 Å². The third-order valence-corrected chi connectivity index (χ3v) is 3.94. The van der Waals surface area contributed by atoms with Crippen LogP contribution in [-0.4, -0.2) is 33.1 Å². The van der Waals surface area contributed by atoms with Gasteiger partial charge in [-0.2, -0.15) is 0 Å². The number of fused-ring (bicyclic) bond motifs is 1. The molecule has 0 bridgehead atoms. The zero-order chi connectivity index (χ0) is 14.9. The Morgan fingerprint density at radius 2 is 2.05 bits per heavy atom. The van der Waals surface area contributed by atoms with Crippen LogP contribution in [0.25, 0.3) is 0 Å². The Morgan fingerprint density at radius 1 is 1.24 bits per heavy atom. The van der Waals surface area contributed by atoms with E-state index in [0.717, 1.165) is 37.8 Å². The first-order valence-electron chi connectivity index (χ1n) is 7.50. The minimum absolute atomic E-state index is 0.170. The number of benzene rings is 1. The maximum Gasteiger partial charge on any atom is 0.124 e. The van der Waals surface area contributed by atoms with Gasteiger partial charge in [-0.1, -0.05) is 18.2 Å². The van der Waals surface area contributed by atoms with Crippen molar-refractivity contribution < 1.29 is 4.74 Å². The first-order chi connectivity index (χ1) is 10.0. The predicted molar refractivity (Wildman–Crippen MR) is 83.4 cm³/mol. The zero-order valence-corrected chi connectivity index (χ0v) is 13.0. The van der Waals surface area contributed by atoms with Gasteiger partial charge in [-0.3, -0.25) is 4.90 Å². The monoisotopic (exact) mass is 285 g/mol. The molecule has 0 unspecified atom stereocenters. The molecule has 0 fully saturated rings. The van der Waals surface area contributed by atoms with Crippen LogP contribution >= 0.6 is 0 Å². The highest BCUT2D eigenvalue weighted by molar-refractivity contribution is 5.34. The average Bonchev–Trinajstić information content (AvgIpc) is 2.76. The number of hydrogen-bond donors (Lipinski definition) is 0. The third kappa shape index (κ3) is 3.27. The van der Waals surface area contributed by atoms with Crippen LogP contribution in [0.2, 0.25) is 0 Å². The van der Waals surface area contributed by atoms with Crippen molar-refractivity contribution in [1.82, 2.24) is 14.5 Å². The van der Waals surface area contributed by atoms with E-state index in [2.05, 4.69) is 46.5 Å². The second-order valence-electron chi connectivity index (χ2n) is 6.35. The summed E-state index contributed by atoms with van der Waals surface area (Å²) in [4.78, 5) is 6.75. The van der Waals surface area contributed by atoms with E-state index in [1.807, 2.05) is 25.4 Å². The number of ether oxygens (including phenoxy) is 1. The van der Waals surface area contributed by atoms with Crippen molar-refractivity contribution in [3.63, 3.8) is 0 Å². The topological polar surface area (TPSA) is 30.3 Å². The van der Waals surface area contributed by atoms with Crippen molar-refractivity contribution >= 4 is 0 Å². The summed E-state index contributed by atoms with van der Waals surface area (Å²) in [5, 5.41) is 0. The second kappa shape index (κ2) is 5.53. The number of imidazole rings is 1. The maximum absolute atomic E-state index is 6.17. The molecule has 0 amide bonds. The minimum atomic E-state index is -0.170. The molecular weight excluding hydrogens is 262 g/mol. The molecule has 0 radical (unpaired) electrons. The van der Waals surface area contributed by atoms with E-state index in [1.165, 1.54) is 5.56 Å². The molecule has 0 saturated heterocycles. The molecule has 1 aliphatic rings. The molecule has 1 aromatic carbocycles. The standard InChI is InChI=1S/C17H23N3O/c1-14-18-8-9-20(14)11-10-19-12-15-6-4-5-7-16(15)21-17(2,3)13-19/h4-9H,10-13H2,1-3H3. The fourth-order valence-corrected chi connectivity index (χ4v) is 2.95. The van der Waals surface area contributed by atoms with Gasteiger partial charge < -0.3 is 9.30 Å². The summed E-state index contributed by atoms with van der Waals surface area (Å²) in [5.41, 5.74) is 1.10. The van der Waals surface area contributed by atoms with Gasteiger partial charge >= 0.3 is 0 Å². The molecule has 0 spiro atoms. The molecule has 2 aromatic rings. The molecule has 4 nitrogen and oxygen atoms in total. The van der Waals surface area contributed by atoms with Crippen molar-refractivity contribution in [3.8, 4) is 5.75 Å². The molecule has 21 heavy (non-hydrogen) atoms. The number of aromatic nitrogens is 2. The van der Waals surface area contributed by atoms with Gasteiger partial charge in [0.05, 0.1) is 0 Å². The lowest BCUT2D eigenvalue weighted by molar-refractivity contribution is 0.0697. The lowest BCUT2D eigenvalue weighted by Crippen LogP contribution is -2.41. The molecule has 0 saturated carbocycles. The number of nitrogens with zero attached hydrogens (tertiary/aromatic N) is 3. The predicted octanol–water partition coefficient (Wildman–Crippen LogP) is 2.86. The van der Waals surface area contributed by atoms with E-state index in [9.17, 15) is 0 Å². The van der Waals surface area contributed by atoms with Gasteiger partial charge in [-0.25, -0.2) is 4.98 Å². The lowest BCUT2D eigenvalue weighted by atomic mass is 10.1. The van der Waals surface area contributed by atoms with Crippen molar-refractivity contribution in [2.24, 2.45) is 0 Å². The summed E-state index contributed by atoms with van der Waals surface area (Å²) in [6.07, 6.45) is 3.91. The highest BCUT2D eigenvalue weighted by Gasteiger charge is 2.28. The second-order valence-corrected chi connectivity index (χ2v) is 6.35. The van der Waals surface area contributed by atoms with Gasteiger partial charge in [0.25, 0.3) is 0 Å². The molecule has 0 atom stereocenters. The summed E-state index contributed by atoms with van der Waals surface area (Å²) in [6, 6.07) is 8.35. The number of para-hydroxylation sites is 1. The molecule has 0 N–H and O–H groups in total. The summed E-state index contributed by atoms with van der Waals surface area (Å²) in [6.45, 7) is 10.2. The molecule has 3 rings (SSSR count). The Morgan fingerprint density at radius 3 is 2.81 bits per heavy atom. The Balaban J connectivity index is 1.75.